The van der Waals surface area contributed by atoms with Gasteiger partial charge in [0.15, 0.2) is 0 Å². The minimum absolute atomic E-state index is 0.0177. The third kappa shape index (κ3) is 4.65. The molecule has 0 spiro atoms. The van der Waals surface area contributed by atoms with Crippen LogP contribution in [-0.2, 0) is 12.1 Å². The largest absolute Gasteiger partial charge is 0.381 e. The van der Waals surface area contributed by atoms with Crippen molar-refractivity contribution in [3.05, 3.63) is 77.9 Å². The molecule has 178 valence electrons. The molecule has 2 atom stereocenters. The minimum Gasteiger partial charge on any atom is -0.381 e. The van der Waals surface area contributed by atoms with Crippen LogP contribution in [0.2, 0.25) is 0 Å². The fourth-order valence-electron chi connectivity index (χ4n) is 4.86. The first-order valence-electron chi connectivity index (χ1n) is 11.3. The lowest BCUT2D eigenvalue weighted by atomic mass is 9.84. The Hall–Kier alpha value is -3.35. The number of aromatic nitrogens is 3. The van der Waals surface area contributed by atoms with Gasteiger partial charge in [-0.1, -0.05) is 18.2 Å². The van der Waals surface area contributed by atoms with E-state index in [1.54, 1.807) is 0 Å². The molecule has 0 saturated carbocycles. The Kier molecular flexibility index (Phi) is 6.91. The van der Waals surface area contributed by atoms with Crippen LogP contribution in [0.15, 0.2) is 55.1 Å². The van der Waals surface area contributed by atoms with Gasteiger partial charge in [-0.3, -0.25) is 4.90 Å². The fraction of sp³-hybridized carbons (Fsp3) is 0.400. The average molecular weight is 467 g/mol. The van der Waals surface area contributed by atoms with Gasteiger partial charge in [-0.15, -0.1) is 0 Å². The summed E-state index contributed by atoms with van der Waals surface area (Å²) in [6, 6.07) is 12.7. The molecule has 1 fully saturated rings. The quantitative estimate of drug-likeness (QED) is 0.576. The van der Waals surface area contributed by atoms with Crippen molar-refractivity contribution in [2.45, 2.75) is 44.0 Å². The second-order valence-electron chi connectivity index (χ2n) is 8.83. The molecule has 1 N–H and O–H groups in total. The third-order valence-electron chi connectivity index (χ3n) is 6.97. The van der Waals surface area contributed by atoms with Crippen molar-refractivity contribution in [3.63, 3.8) is 0 Å². The van der Waals surface area contributed by atoms with Gasteiger partial charge in [-0.05, 0) is 45.0 Å². The van der Waals surface area contributed by atoms with Crippen LogP contribution in [0.3, 0.4) is 0 Å². The van der Waals surface area contributed by atoms with Crippen LogP contribution in [0.4, 0.5) is 14.5 Å². The maximum Gasteiger partial charge on any atom is 0.137 e. The Morgan fingerprint density at radius 1 is 1.24 bits per heavy atom. The normalized spacial score (nSPS) is 17.4. The first kappa shape index (κ1) is 23.8. The number of anilines is 1. The van der Waals surface area contributed by atoms with Gasteiger partial charge >= 0.3 is 0 Å². The molecule has 3 aromatic rings. The number of para-hydroxylation sites is 1. The third-order valence-corrected chi connectivity index (χ3v) is 6.97. The smallest absolute Gasteiger partial charge is 0.137 e. The van der Waals surface area contributed by atoms with Crippen LogP contribution in [0.5, 0.6) is 0 Å². The Morgan fingerprint density at radius 3 is 2.62 bits per heavy atom. The summed E-state index contributed by atoms with van der Waals surface area (Å²) in [5, 5.41) is 25.4. The molecule has 2 aromatic carbocycles. The van der Waals surface area contributed by atoms with Crippen molar-refractivity contribution in [1.29, 1.82) is 5.26 Å². The lowest BCUT2D eigenvalue weighted by molar-refractivity contribution is -0.0697. The second kappa shape index (κ2) is 9.87. The summed E-state index contributed by atoms with van der Waals surface area (Å²) in [5.41, 5.74) is -0.0823. The number of rotatable bonds is 7. The highest BCUT2D eigenvalue weighted by Gasteiger charge is 2.43. The van der Waals surface area contributed by atoms with Crippen LogP contribution in [0, 0.1) is 23.0 Å². The summed E-state index contributed by atoms with van der Waals surface area (Å²) in [6.45, 7) is 3.33. The van der Waals surface area contributed by atoms with E-state index in [2.05, 4.69) is 26.0 Å². The summed E-state index contributed by atoms with van der Waals surface area (Å²) < 4.78 is 29.9. The van der Waals surface area contributed by atoms with Gasteiger partial charge in [0.05, 0.1) is 17.8 Å². The number of hydrogen-bond donors (Lipinski definition) is 1. The molecule has 0 amide bonds. The Balaban J connectivity index is 1.55. The van der Waals surface area contributed by atoms with Gasteiger partial charge in [0.25, 0.3) is 0 Å². The van der Waals surface area contributed by atoms with Crippen molar-refractivity contribution in [2.24, 2.45) is 0 Å². The van der Waals surface area contributed by atoms with Crippen LogP contribution in [0.1, 0.15) is 30.9 Å². The zero-order chi connectivity index (χ0) is 24.3. The minimum atomic E-state index is -1.68. The molecule has 1 aliphatic heterocycles. The molecular weight excluding hydrogens is 438 g/mol. The summed E-state index contributed by atoms with van der Waals surface area (Å²) in [6.07, 6.45) is 4.44. The standard InChI is InChI=1S/C25H28F2N6O/c1-18(25(34,15-33-17-29-16-30-33)22-8-7-20(26)13-23(22)27)31(2)21-9-11-32(12-10-21)24-6-4-3-5-19(24)14-28/h3-8,13,16-18,21,34H,9-12,15H2,1-2H3/t18-,25-/m1/s1. The molecule has 9 heteroatoms. The van der Waals surface area contributed by atoms with Crippen LogP contribution >= 0.6 is 0 Å². The molecule has 0 bridgehead atoms. The zero-order valence-electron chi connectivity index (χ0n) is 19.3. The van der Waals surface area contributed by atoms with E-state index in [1.807, 2.05) is 38.2 Å². The predicted molar refractivity (Wildman–Crippen MR) is 124 cm³/mol. The molecule has 0 unspecified atom stereocenters. The molecular formula is C25H28F2N6O. The monoisotopic (exact) mass is 466 g/mol. The van der Waals surface area contributed by atoms with E-state index >= 15 is 0 Å². The molecule has 0 aliphatic carbocycles. The zero-order valence-corrected chi connectivity index (χ0v) is 19.3. The second-order valence-corrected chi connectivity index (χ2v) is 8.83. The summed E-state index contributed by atoms with van der Waals surface area (Å²) in [5.74, 6) is -1.50. The van der Waals surface area contributed by atoms with Crippen LogP contribution in [0.25, 0.3) is 0 Å². The van der Waals surface area contributed by atoms with Gasteiger partial charge < -0.3 is 10.0 Å². The Morgan fingerprint density at radius 2 is 1.97 bits per heavy atom. The molecule has 2 heterocycles. The van der Waals surface area contributed by atoms with Gasteiger partial charge in [0.1, 0.15) is 36.0 Å². The number of likely N-dealkylation sites (N-methyl/N-ethyl adjacent to an activating group) is 1. The summed E-state index contributed by atoms with van der Waals surface area (Å²) in [4.78, 5) is 8.19. The summed E-state index contributed by atoms with van der Waals surface area (Å²) in [7, 11) is 1.92. The average Bonchev–Trinajstić information content (AvgIpc) is 3.35. The van der Waals surface area contributed by atoms with Gasteiger partial charge in [-0.25, -0.2) is 18.4 Å². The van der Waals surface area contributed by atoms with E-state index in [4.69, 9.17) is 0 Å². The van der Waals surface area contributed by atoms with Gasteiger partial charge in [-0.2, -0.15) is 10.4 Å². The van der Waals surface area contributed by atoms with E-state index < -0.39 is 23.3 Å². The molecule has 4 rings (SSSR count). The van der Waals surface area contributed by atoms with Crippen molar-refractivity contribution >= 4 is 5.69 Å². The summed E-state index contributed by atoms with van der Waals surface area (Å²) >= 11 is 0. The van der Waals surface area contributed by atoms with E-state index in [0.717, 1.165) is 43.8 Å². The Bertz CT molecular complexity index is 1160. The van der Waals surface area contributed by atoms with Gasteiger partial charge in [0, 0.05) is 36.8 Å². The highest BCUT2D eigenvalue weighted by molar-refractivity contribution is 5.59. The van der Waals surface area contributed by atoms with Crippen molar-refractivity contribution < 1.29 is 13.9 Å². The van der Waals surface area contributed by atoms with Crippen molar-refractivity contribution in [1.82, 2.24) is 19.7 Å². The number of halogens is 2. The van der Waals surface area contributed by atoms with Crippen molar-refractivity contribution in [2.75, 3.05) is 25.0 Å². The lowest BCUT2D eigenvalue weighted by Gasteiger charge is -2.45. The first-order valence-corrected chi connectivity index (χ1v) is 11.3. The SMILES string of the molecule is C[C@@H](N(C)C1CCN(c2ccccc2C#N)CC1)[C@](O)(Cn1cncn1)c1ccc(F)cc1F. The maximum atomic E-state index is 14.9. The fourth-order valence-corrected chi connectivity index (χ4v) is 4.86. The lowest BCUT2D eigenvalue weighted by Crippen LogP contribution is -2.55. The highest BCUT2D eigenvalue weighted by Crippen LogP contribution is 2.35. The first-order chi connectivity index (χ1) is 16.3. The number of piperidine rings is 1. The number of nitriles is 1. The molecule has 1 saturated heterocycles. The number of benzene rings is 2. The van der Waals surface area contributed by atoms with E-state index in [1.165, 1.54) is 23.4 Å². The molecule has 1 aliphatic rings. The van der Waals surface area contributed by atoms with Crippen LogP contribution in [-0.4, -0.2) is 57.0 Å². The van der Waals surface area contributed by atoms with Crippen LogP contribution < -0.4 is 4.90 Å². The molecule has 7 nitrogen and oxygen atoms in total. The number of nitrogens with zero attached hydrogens (tertiary/aromatic N) is 6. The van der Waals surface area contributed by atoms with Gasteiger partial charge in [0.2, 0.25) is 0 Å². The maximum absolute atomic E-state index is 14.9. The number of hydrogen-bond acceptors (Lipinski definition) is 6. The predicted octanol–water partition coefficient (Wildman–Crippen LogP) is 3.31. The highest BCUT2D eigenvalue weighted by atomic mass is 19.1. The molecule has 0 radical (unpaired) electrons. The van der Waals surface area contributed by atoms with E-state index in [-0.39, 0.29) is 18.2 Å². The van der Waals surface area contributed by atoms with E-state index in [9.17, 15) is 19.1 Å². The Labute approximate surface area is 197 Å². The topological polar surface area (TPSA) is 81.2 Å². The van der Waals surface area contributed by atoms with E-state index in [0.29, 0.717) is 5.56 Å². The number of aliphatic hydroxyl groups is 1. The molecule has 34 heavy (non-hydrogen) atoms. The molecule has 1 aromatic heterocycles. The van der Waals surface area contributed by atoms with Crippen molar-refractivity contribution in [3.8, 4) is 6.07 Å².